The molecular weight excluding hydrogens is 236 g/mol. The number of phenols is 1. The first-order valence-corrected chi connectivity index (χ1v) is 7.25. The Morgan fingerprint density at radius 1 is 1.37 bits per heavy atom. The minimum absolute atomic E-state index is 0.254. The van der Waals surface area contributed by atoms with Crippen LogP contribution in [0.3, 0.4) is 0 Å². The topological polar surface area (TPSA) is 49.5 Å². The van der Waals surface area contributed by atoms with Gasteiger partial charge in [-0.3, -0.25) is 0 Å². The van der Waals surface area contributed by atoms with E-state index in [9.17, 15) is 5.11 Å². The van der Waals surface area contributed by atoms with Gasteiger partial charge in [0, 0.05) is 24.7 Å². The van der Waals surface area contributed by atoms with Gasteiger partial charge in [0.05, 0.1) is 0 Å². The number of benzene rings is 1. The summed E-state index contributed by atoms with van der Waals surface area (Å²) in [4.78, 5) is 2.27. The Hall–Kier alpha value is -1.22. The number of rotatable bonds is 4. The van der Waals surface area contributed by atoms with Crippen LogP contribution in [0.4, 0.5) is 5.69 Å². The van der Waals surface area contributed by atoms with E-state index in [0.717, 1.165) is 24.7 Å². The molecule has 1 aliphatic carbocycles. The van der Waals surface area contributed by atoms with Crippen LogP contribution in [0.25, 0.3) is 0 Å². The summed E-state index contributed by atoms with van der Waals surface area (Å²) in [6, 6.07) is 7.41. The van der Waals surface area contributed by atoms with Gasteiger partial charge >= 0.3 is 0 Å². The van der Waals surface area contributed by atoms with Gasteiger partial charge in [-0.05, 0) is 49.6 Å². The average Bonchev–Trinajstić information content (AvgIpc) is 2.39. The van der Waals surface area contributed by atoms with Crippen LogP contribution in [-0.4, -0.2) is 25.2 Å². The summed E-state index contributed by atoms with van der Waals surface area (Å²) in [5, 5.41) is 9.35. The van der Waals surface area contributed by atoms with Crippen molar-refractivity contribution in [3.05, 3.63) is 24.3 Å². The van der Waals surface area contributed by atoms with Gasteiger partial charge < -0.3 is 15.7 Å². The van der Waals surface area contributed by atoms with Crippen molar-refractivity contribution >= 4 is 5.69 Å². The molecule has 1 aromatic rings. The summed E-state index contributed by atoms with van der Waals surface area (Å²) in [5.74, 6) is 1.10. The fourth-order valence-electron chi connectivity index (χ4n) is 3.46. The maximum atomic E-state index is 9.35. The monoisotopic (exact) mass is 262 g/mol. The van der Waals surface area contributed by atoms with Crippen LogP contribution >= 0.6 is 0 Å². The van der Waals surface area contributed by atoms with E-state index < -0.39 is 0 Å². The van der Waals surface area contributed by atoms with Gasteiger partial charge in [0.2, 0.25) is 0 Å². The predicted molar refractivity (Wildman–Crippen MR) is 80.5 cm³/mol. The van der Waals surface area contributed by atoms with Gasteiger partial charge in [-0.2, -0.15) is 0 Å². The smallest absolute Gasteiger partial charge is 0.115 e. The molecule has 1 saturated carbocycles. The molecule has 1 fully saturated rings. The SMILES string of the molecule is CC1CCCC(CN)(CN(C)c2ccc(O)cc2)C1. The minimum Gasteiger partial charge on any atom is -0.508 e. The van der Waals surface area contributed by atoms with Crippen LogP contribution in [0.1, 0.15) is 32.6 Å². The van der Waals surface area contributed by atoms with Gasteiger partial charge in [-0.1, -0.05) is 19.8 Å². The highest BCUT2D eigenvalue weighted by molar-refractivity contribution is 5.48. The van der Waals surface area contributed by atoms with Crippen molar-refractivity contribution in [2.75, 3.05) is 25.0 Å². The Kier molecular flexibility index (Phi) is 4.35. The number of anilines is 1. The lowest BCUT2D eigenvalue weighted by Gasteiger charge is -2.42. The fraction of sp³-hybridized carbons (Fsp3) is 0.625. The quantitative estimate of drug-likeness (QED) is 0.877. The van der Waals surface area contributed by atoms with E-state index in [-0.39, 0.29) is 5.41 Å². The van der Waals surface area contributed by atoms with Crippen LogP contribution < -0.4 is 10.6 Å². The average molecular weight is 262 g/mol. The zero-order valence-corrected chi connectivity index (χ0v) is 12.1. The van der Waals surface area contributed by atoms with Gasteiger partial charge in [0.15, 0.2) is 0 Å². The van der Waals surface area contributed by atoms with Crippen LogP contribution in [0, 0.1) is 11.3 Å². The molecule has 0 spiro atoms. The number of phenolic OH excluding ortho intramolecular Hbond substituents is 1. The summed E-state index contributed by atoms with van der Waals surface area (Å²) in [6.45, 7) is 4.10. The van der Waals surface area contributed by atoms with Crippen molar-refractivity contribution in [2.24, 2.45) is 17.1 Å². The van der Waals surface area contributed by atoms with Gasteiger partial charge in [0.1, 0.15) is 5.75 Å². The Morgan fingerprint density at radius 3 is 2.63 bits per heavy atom. The van der Waals surface area contributed by atoms with E-state index in [1.807, 2.05) is 12.1 Å². The van der Waals surface area contributed by atoms with Gasteiger partial charge in [0.25, 0.3) is 0 Å². The Labute approximate surface area is 116 Å². The molecule has 2 rings (SSSR count). The summed E-state index contributed by atoms with van der Waals surface area (Å²) < 4.78 is 0. The zero-order valence-electron chi connectivity index (χ0n) is 12.1. The Bertz CT molecular complexity index is 404. The molecule has 3 heteroatoms. The molecule has 2 unspecified atom stereocenters. The van der Waals surface area contributed by atoms with Crippen molar-refractivity contribution < 1.29 is 5.11 Å². The van der Waals surface area contributed by atoms with Gasteiger partial charge in [-0.15, -0.1) is 0 Å². The van der Waals surface area contributed by atoms with Crippen molar-refractivity contribution in [3.63, 3.8) is 0 Å². The molecule has 0 aliphatic heterocycles. The molecular formula is C16H26N2O. The molecule has 0 heterocycles. The normalized spacial score (nSPS) is 27.2. The molecule has 0 amide bonds. The maximum absolute atomic E-state index is 9.35. The third-order valence-electron chi connectivity index (χ3n) is 4.48. The van der Waals surface area contributed by atoms with Crippen LogP contribution in [0.5, 0.6) is 5.75 Å². The molecule has 0 aromatic heterocycles. The third kappa shape index (κ3) is 3.41. The maximum Gasteiger partial charge on any atom is 0.115 e. The van der Waals surface area contributed by atoms with Crippen LogP contribution in [-0.2, 0) is 0 Å². The number of hydrogen-bond acceptors (Lipinski definition) is 3. The first-order valence-electron chi connectivity index (χ1n) is 7.25. The minimum atomic E-state index is 0.254. The predicted octanol–water partition coefficient (Wildman–Crippen LogP) is 2.98. The lowest BCUT2D eigenvalue weighted by Crippen LogP contribution is -2.44. The summed E-state index contributed by atoms with van der Waals surface area (Å²) in [7, 11) is 2.11. The lowest BCUT2D eigenvalue weighted by molar-refractivity contribution is 0.161. The first kappa shape index (κ1) is 14.2. The molecule has 3 N–H and O–H groups in total. The second-order valence-corrected chi connectivity index (χ2v) is 6.28. The second kappa shape index (κ2) is 5.83. The standard InChI is InChI=1S/C16H26N2O/c1-13-4-3-9-16(10-13,11-17)12-18(2)14-5-7-15(19)8-6-14/h5-8,13,19H,3-4,9-12,17H2,1-2H3. The van der Waals surface area contributed by atoms with Crippen molar-refractivity contribution in [1.29, 1.82) is 0 Å². The highest BCUT2D eigenvalue weighted by Crippen LogP contribution is 2.39. The molecule has 1 aromatic carbocycles. The first-order chi connectivity index (χ1) is 9.04. The molecule has 0 saturated heterocycles. The molecule has 3 nitrogen and oxygen atoms in total. The van der Waals surface area contributed by atoms with Crippen molar-refractivity contribution in [3.8, 4) is 5.75 Å². The van der Waals surface area contributed by atoms with E-state index >= 15 is 0 Å². The molecule has 0 radical (unpaired) electrons. The van der Waals surface area contributed by atoms with Crippen LogP contribution in [0.2, 0.25) is 0 Å². The summed E-state index contributed by atoms with van der Waals surface area (Å²) in [5.41, 5.74) is 7.48. The van der Waals surface area contributed by atoms with E-state index in [1.165, 1.54) is 25.7 Å². The van der Waals surface area contributed by atoms with Crippen molar-refractivity contribution in [1.82, 2.24) is 0 Å². The lowest BCUT2D eigenvalue weighted by atomic mass is 9.70. The van der Waals surface area contributed by atoms with Crippen LogP contribution in [0.15, 0.2) is 24.3 Å². The Balaban J connectivity index is 2.07. The number of hydrogen-bond donors (Lipinski definition) is 2. The van der Waals surface area contributed by atoms with Gasteiger partial charge in [-0.25, -0.2) is 0 Å². The van der Waals surface area contributed by atoms with E-state index in [2.05, 4.69) is 18.9 Å². The molecule has 19 heavy (non-hydrogen) atoms. The fourth-order valence-corrected chi connectivity index (χ4v) is 3.46. The van der Waals surface area contributed by atoms with E-state index in [4.69, 9.17) is 5.73 Å². The number of nitrogens with two attached hydrogens (primary N) is 1. The number of nitrogens with zero attached hydrogens (tertiary/aromatic N) is 1. The third-order valence-corrected chi connectivity index (χ3v) is 4.48. The molecule has 106 valence electrons. The summed E-state index contributed by atoms with van der Waals surface area (Å²) >= 11 is 0. The summed E-state index contributed by atoms with van der Waals surface area (Å²) in [6.07, 6.45) is 5.09. The van der Waals surface area contributed by atoms with E-state index in [1.54, 1.807) is 12.1 Å². The largest absolute Gasteiger partial charge is 0.508 e. The highest BCUT2D eigenvalue weighted by Gasteiger charge is 2.34. The number of aromatic hydroxyl groups is 1. The highest BCUT2D eigenvalue weighted by atomic mass is 16.3. The molecule has 2 atom stereocenters. The second-order valence-electron chi connectivity index (χ2n) is 6.28. The molecule has 1 aliphatic rings. The van der Waals surface area contributed by atoms with E-state index in [0.29, 0.717) is 5.75 Å². The van der Waals surface area contributed by atoms with Crippen molar-refractivity contribution in [2.45, 2.75) is 32.6 Å². The Morgan fingerprint density at radius 2 is 2.05 bits per heavy atom. The molecule has 0 bridgehead atoms. The zero-order chi connectivity index (χ0) is 13.9.